The maximum Gasteiger partial charge on any atom is 0.274 e. The molecule has 1 aromatic heterocycles. The van der Waals surface area contributed by atoms with Gasteiger partial charge in [-0.15, -0.1) is 0 Å². The summed E-state index contributed by atoms with van der Waals surface area (Å²) in [7, 11) is 1.01. The number of hydrogen-bond acceptors (Lipinski definition) is 7. The lowest BCUT2D eigenvalue weighted by molar-refractivity contribution is 0.102. The van der Waals surface area contributed by atoms with E-state index in [1.807, 2.05) is 6.92 Å². The van der Waals surface area contributed by atoms with Crippen molar-refractivity contribution in [3.05, 3.63) is 53.6 Å². The number of carbonyl (C=O) groups excluding carboxylic acids is 1. The molecule has 1 atom stereocenters. The average molecular weight is 510 g/mol. The van der Waals surface area contributed by atoms with Crippen LogP contribution in [0.3, 0.4) is 0 Å². The number of aromatic nitrogens is 1. The summed E-state index contributed by atoms with van der Waals surface area (Å²) in [6.45, 7) is 6.53. The maximum absolute atomic E-state index is 14.5. The number of ether oxygens (including phenoxy) is 2. The molecule has 1 aromatic carbocycles. The summed E-state index contributed by atoms with van der Waals surface area (Å²) >= 11 is 0. The predicted molar refractivity (Wildman–Crippen MR) is 137 cm³/mol. The average Bonchev–Trinajstić information content (AvgIpc) is 2.80. The quantitative estimate of drug-likeness (QED) is 0.442. The van der Waals surface area contributed by atoms with Gasteiger partial charge in [0.25, 0.3) is 5.91 Å². The molecule has 194 valence electrons. The second-order valence-electron chi connectivity index (χ2n) is 8.60. The molecule has 1 amide bonds. The minimum Gasteiger partial charge on any atom is -0.495 e. The SMILES string of the molecule is CCCC(=N)C(C)(C)S(=O)(=O)CC(C)c1cc(NC(=O)c2ccc(OC)cn2)ccc1F.COC. The molecular formula is C25H36FN3O5S. The molecule has 2 aromatic rings. The minimum atomic E-state index is -3.73. The van der Waals surface area contributed by atoms with Crippen molar-refractivity contribution in [2.24, 2.45) is 0 Å². The Balaban J connectivity index is 0.00000194. The number of halogens is 1. The first-order chi connectivity index (χ1) is 16.3. The molecule has 1 unspecified atom stereocenters. The molecule has 10 heteroatoms. The van der Waals surface area contributed by atoms with E-state index in [2.05, 4.69) is 15.0 Å². The van der Waals surface area contributed by atoms with Crippen LogP contribution in [0, 0.1) is 11.2 Å². The van der Waals surface area contributed by atoms with Gasteiger partial charge in [-0.1, -0.05) is 20.3 Å². The van der Waals surface area contributed by atoms with Crippen LogP contribution in [0.25, 0.3) is 0 Å². The van der Waals surface area contributed by atoms with E-state index >= 15 is 0 Å². The molecule has 0 aliphatic heterocycles. The highest BCUT2D eigenvalue weighted by Gasteiger charge is 2.39. The molecule has 1 heterocycles. The molecule has 2 N–H and O–H groups in total. The number of nitrogens with one attached hydrogen (secondary N) is 2. The fourth-order valence-corrected chi connectivity index (χ4v) is 4.93. The third kappa shape index (κ3) is 8.10. The fourth-order valence-electron chi connectivity index (χ4n) is 3.20. The van der Waals surface area contributed by atoms with E-state index in [0.29, 0.717) is 24.3 Å². The zero-order chi connectivity index (χ0) is 26.8. The number of benzene rings is 1. The molecule has 0 saturated carbocycles. The van der Waals surface area contributed by atoms with E-state index in [1.54, 1.807) is 27.2 Å². The zero-order valence-electron chi connectivity index (χ0n) is 21.4. The van der Waals surface area contributed by atoms with Crippen molar-refractivity contribution < 1.29 is 27.1 Å². The Morgan fingerprint density at radius 2 is 1.83 bits per heavy atom. The topological polar surface area (TPSA) is 118 Å². The van der Waals surface area contributed by atoms with Crippen LogP contribution in [0.4, 0.5) is 10.1 Å². The van der Waals surface area contributed by atoms with Gasteiger partial charge < -0.3 is 20.2 Å². The molecule has 0 fully saturated rings. The Labute approximate surface area is 207 Å². The van der Waals surface area contributed by atoms with Crippen molar-refractivity contribution in [1.82, 2.24) is 4.98 Å². The molecule has 0 aliphatic carbocycles. The lowest BCUT2D eigenvalue weighted by atomic mass is 10.0. The fraction of sp³-hybridized carbons (Fsp3) is 0.480. The number of anilines is 1. The van der Waals surface area contributed by atoms with E-state index in [-0.39, 0.29) is 22.7 Å². The van der Waals surface area contributed by atoms with Crippen molar-refractivity contribution >= 4 is 27.1 Å². The van der Waals surface area contributed by atoms with E-state index in [0.717, 1.165) is 0 Å². The smallest absolute Gasteiger partial charge is 0.274 e. The van der Waals surface area contributed by atoms with Gasteiger partial charge in [-0.25, -0.2) is 17.8 Å². The Kier molecular flexibility index (Phi) is 11.5. The van der Waals surface area contributed by atoms with Crippen LogP contribution in [0.2, 0.25) is 0 Å². The van der Waals surface area contributed by atoms with Crippen LogP contribution in [-0.4, -0.2) is 56.8 Å². The van der Waals surface area contributed by atoms with E-state index in [1.165, 1.54) is 51.4 Å². The van der Waals surface area contributed by atoms with Crippen molar-refractivity contribution in [2.45, 2.75) is 51.2 Å². The predicted octanol–water partition coefficient (Wildman–Crippen LogP) is 4.86. The molecule has 0 saturated heterocycles. The van der Waals surface area contributed by atoms with Gasteiger partial charge in [0, 0.05) is 25.6 Å². The van der Waals surface area contributed by atoms with Gasteiger partial charge in [-0.2, -0.15) is 0 Å². The molecule has 0 aliphatic rings. The number of carbonyl (C=O) groups is 1. The first-order valence-electron chi connectivity index (χ1n) is 11.2. The lowest BCUT2D eigenvalue weighted by Gasteiger charge is -2.27. The van der Waals surface area contributed by atoms with Crippen LogP contribution >= 0.6 is 0 Å². The van der Waals surface area contributed by atoms with Gasteiger partial charge in [0.15, 0.2) is 9.84 Å². The molecule has 35 heavy (non-hydrogen) atoms. The summed E-state index contributed by atoms with van der Waals surface area (Å²) in [6, 6.07) is 7.13. The van der Waals surface area contributed by atoms with E-state index < -0.39 is 32.2 Å². The highest BCUT2D eigenvalue weighted by molar-refractivity contribution is 7.93. The van der Waals surface area contributed by atoms with Gasteiger partial charge in [0.1, 0.15) is 22.0 Å². The monoisotopic (exact) mass is 509 g/mol. The van der Waals surface area contributed by atoms with Crippen LogP contribution in [0.1, 0.15) is 62.5 Å². The summed E-state index contributed by atoms with van der Waals surface area (Å²) in [5.41, 5.74) is 0.794. The largest absolute Gasteiger partial charge is 0.495 e. The Bertz CT molecular complexity index is 1100. The second-order valence-corrected chi connectivity index (χ2v) is 11.2. The number of pyridine rings is 1. The zero-order valence-corrected chi connectivity index (χ0v) is 22.3. The molecule has 0 bridgehead atoms. The molecule has 0 radical (unpaired) electrons. The van der Waals surface area contributed by atoms with E-state index in [4.69, 9.17) is 10.1 Å². The van der Waals surface area contributed by atoms with Crippen LogP contribution in [0.5, 0.6) is 5.75 Å². The highest BCUT2D eigenvalue weighted by atomic mass is 32.2. The Hall–Kier alpha value is -2.85. The van der Waals surface area contributed by atoms with Crippen molar-refractivity contribution in [2.75, 3.05) is 32.4 Å². The standard InChI is InChI=1S/C23H30FN3O4S.C2H6O/c1-6-7-21(25)23(3,4)32(29,30)14-15(2)18-12-16(8-10-19(18)24)27-22(28)20-11-9-17(31-5)13-26-20;1-3-2/h8-13,15,25H,6-7,14H2,1-5H3,(H,27,28);1-2H3. The normalized spacial score (nSPS) is 12.2. The molecular weight excluding hydrogens is 473 g/mol. The summed E-state index contributed by atoms with van der Waals surface area (Å²) in [6.07, 6.45) is 2.47. The Morgan fingerprint density at radius 1 is 1.20 bits per heavy atom. The van der Waals surface area contributed by atoms with Gasteiger partial charge >= 0.3 is 0 Å². The van der Waals surface area contributed by atoms with Crippen LogP contribution in [-0.2, 0) is 14.6 Å². The molecule has 2 rings (SSSR count). The summed E-state index contributed by atoms with van der Waals surface area (Å²) in [5.74, 6) is -1.53. The molecule has 8 nitrogen and oxygen atoms in total. The number of amides is 1. The first-order valence-corrected chi connectivity index (χ1v) is 12.8. The number of hydrogen-bond donors (Lipinski definition) is 2. The summed E-state index contributed by atoms with van der Waals surface area (Å²) in [4.78, 5) is 16.5. The Morgan fingerprint density at radius 3 is 2.34 bits per heavy atom. The van der Waals surface area contributed by atoms with Crippen molar-refractivity contribution in [3.8, 4) is 5.75 Å². The van der Waals surface area contributed by atoms with Gasteiger partial charge in [-0.05, 0) is 62.1 Å². The van der Waals surface area contributed by atoms with Crippen molar-refractivity contribution in [1.29, 1.82) is 5.41 Å². The maximum atomic E-state index is 14.5. The number of sulfone groups is 1. The van der Waals surface area contributed by atoms with Crippen molar-refractivity contribution in [3.63, 3.8) is 0 Å². The first kappa shape index (κ1) is 30.2. The van der Waals surface area contributed by atoms with E-state index in [9.17, 15) is 17.6 Å². The van der Waals surface area contributed by atoms with Gasteiger partial charge in [0.2, 0.25) is 0 Å². The van der Waals surface area contributed by atoms with Crippen LogP contribution in [0.15, 0.2) is 36.5 Å². The van der Waals surface area contributed by atoms with Gasteiger partial charge in [0.05, 0.1) is 19.1 Å². The molecule has 0 spiro atoms. The summed E-state index contributed by atoms with van der Waals surface area (Å²) in [5, 5.41) is 10.8. The third-order valence-electron chi connectivity index (χ3n) is 5.46. The lowest BCUT2D eigenvalue weighted by Crippen LogP contribution is -2.42. The second kappa shape index (κ2) is 13.3. The van der Waals surface area contributed by atoms with Gasteiger partial charge in [-0.3, -0.25) is 4.79 Å². The minimum absolute atomic E-state index is 0.140. The van der Waals surface area contributed by atoms with Crippen LogP contribution < -0.4 is 10.1 Å². The third-order valence-corrected chi connectivity index (χ3v) is 8.20. The number of nitrogens with zero attached hydrogens (tertiary/aromatic N) is 1. The number of methoxy groups -OCH3 is 2. The highest BCUT2D eigenvalue weighted by Crippen LogP contribution is 2.29. The number of rotatable bonds is 10. The summed E-state index contributed by atoms with van der Waals surface area (Å²) < 4.78 is 48.5.